The van der Waals surface area contributed by atoms with Crippen LogP contribution in [0.3, 0.4) is 0 Å². The number of hydrogen-bond donors (Lipinski definition) is 2. The van der Waals surface area contributed by atoms with E-state index in [1.54, 1.807) is 0 Å². The van der Waals surface area contributed by atoms with Gasteiger partial charge in [0.25, 0.3) is 0 Å². The van der Waals surface area contributed by atoms with Crippen LogP contribution in [-0.4, -0.2) is 17.3 Å². The van der Waals surface area contributed by atoms with Gasteiger partial charge >= 0.3 is 0 Å². The molecule has 1 unspecified atom stereocenters. The number of aliphatic hydroxyl groups is 1. The summed E-state index contributed by atoms with van der Waals surface area (Å²) in [5.74, 6) is 0.749. The summed E-state index contributed by atoms with van der Waals surface area (Å²) < 4.78 is 5.55. The monoisotopic (exact) mass is 235 g/mol. The van der Waals surface area contributed by atoms with E-state index >= 15 is 0 Å². The molecule has 1 aliphatic rings. The number of aliphatic hydroxyl groups excluding tert-OH is 1. The quantitative estimate of drug-likeness (QED) is 0.842. The fourth-order valence-electron chi connectivity index (χ4n) is 2.61. The minimum atomic E-state index is -0.632. The first-order valence-corrected chi connectivity index (χ1v) is 6.36. The maximum Gasteiger partial charge on any atom is 0.125 e. The van der Waals surface area contributed by atoms with Crippen LogP contribution >= 0.6 is 0 Å². The summed E-state index contributed by atoms with van der Waals surface area (Å²) in [6, 6.07) is 7.63. The molecule has 0 amide bonds. The van der Waals surface area contributed by atoms with Crippen LogP contribution in [0, 0.1) is 0 Å². The average Bonchev–Trinajstić information content (AvgIpc) is 2.78. The normalized spacial score (nSPS) is 20.2. The number of nitrogens with two attached hydrogens (primary N) is 1. The van der Waals surface area contributed by atoms with Crippen LogP contribution < -0.4 is 10.5 Å². The van der Waals surface area contributed by atoms with E-state index in [1.807, 2.05) is 31.2 Å². The Morgan fingerprint density at radius 2 is 2.00 bits per heavy atom. The Kier molecular flexibility index (Phi) is 3.69. The van der Waals surface area contributed by atoms with E-state index in [-0.39, 0.29) is 0 Å². The Labute approximate surface area is 103 Å². The Morgan fingerprint density at radius 3 is 2.65 bits per heavy atom. The molecule has 3 nitrogen and oxygen atoms in total. The van der Waals surface area contributed by atoms with E-state index in [2.05, 4.69) is 0 Å². The molecule has 1 atom stereocenters. The lowest BCUT2D eigenvalue weighted by Gasteiger charge is -2.31. The molecule has 2 rings (SSSR count). The topological polar surface area (TPSA) is 55.5 Å². The van der Waals surface area contributed by atoms with Crippen molar-refractivity contribution in [3.63, 3.8) is 0 Å². The third-order valence-electron chi connectivity index (χ3n) is 3.59. The smallest absolute Gasteiger partial charge is 0.125 e. The summed E-state index contributed by atoms with van der Waals surface area (Å²) >= 11 is 0. The molecular formula is C14H21NO2. The van der Waals surface area contributed by atoms with Gasteiger partial charge in [0.1, 0.15) is 11.9 Å². The first-order chi connectivity index (χ1) is 8.17. The van der Waals surface area contributed by atoms with E-state index in [1.165, 1.54) is 0 Å². The second-order valence-electron chi connectivity index (χ2n) is 4.81. The van der Waals surface area contributed by atoms with Gasteiger partial charge < -0.3 is 15.6 Å². The Hall–Kier alpha value is -1.06. The molecule has 1 aromatic carbocycles. The van der Waals surface area contributed by atoms with E-state index in [9.17, 15) is 5.11 Å². The van der Waals surface area contributed by atoms with Crippen LogP contribution in [0.4, 0.5) is 0 Å². The van der Waals surface area contributed by atoms with Crippen molar-refractivity contribution in [2.45, 2.75) is 44.2 Å². The number of rotatable bonds is 4. The highest BCUT2D eigenvalue weighted by Gasteiger charge is 2.38. The lowest BCUT2D eigenvalue weighted by Crippen LogP contribution is -2.43. The van der Waals surface area contributed by atoms with Gasteiger partial charge in [0.05, 0.1) is 6.61 Å². The third kappa shape index (κ3) is 2.45. The van der Waals surface area contributed by atoms with Gasteiger partial charge in [-0.15, -0.1) is 0 Å². The van der Waals surface area contributed by atoms with Gasteiger partial charge in [0.2, 0.25) is 0 Å². The lowest BCUT2D eigenvalue weighted by molar-refractivity contribution is 0.0840. The molecule has 0 aliphatic heterocycles. The fourth-order valence-corrected chi connectivity index (χ4v) is 2.61. The van der Waals surface area contributed by atoms with Crippen LogP contribution in [0.15, 0.2) is 24.3 Å². The number of hydrogen-bond acceptors (Lipinski definition) is 3. The maximum atomic E-state index is 10.5. The molecule has 1 fully saturated rings. The molecule has 1 aromatic rings. The highest BCUT2D eigenvalue weighted by molar-refractivity contribution is 5.37. The molecular weight excluding hydrogens is 214 g/mol. The summed E-state index contributed by atoms with van der Waals surface area (Å²) in [6.45, 7) is 2.54. The third-order valence-corrected chi connectivity index (χ3v) is 3.59. The second-order valence-corrected chi connectivity index (χ2v) is 4.81. The average molecular weight is 235 g/mol. The molecule has 17 heavy (non-hydrogen) atoms. The van der Waals surface area contributed by atoms with E-state index < -0.39 is 11.6 Å². The van der Waals surface area contributed by atoms with Gasteiger partial charge in [-0.2, -0.15) is 0 Å². The number of ether oxygens (including phenoxy) is 1. The van der Waals surface area contributed by atoms with Crippen LogP contribution in [-0.2, 0) is 0 Å². The highest BCUT2D eigenvalue weighted by atomic mass is 16.5. The molecule has 0 heterocycles. The van der Waals surface area contributed by atoms with Gasteiger partial charge in [-0.1, -0.05) is 31.0 Å². The van der Waals surface area contributed by atoms with Crippen LogP contribution in [0.1, 0.15) is 44.3 Å². The van der Waals surface area contributed by atoms with Gasteiger partial charge in [-0.05, 0) is 25.8 Å². The first-order valence-electron chi connectivity index (χ1n) is 6.36. The molecule has 1 aliphatic carbocycles. The lowest BCUT2D eigenvalue weighted by atomic mass is 9.86. The van der Waals surface area contributed by atoms with Gasteiger partial charge in [-0.3, -0.25) is 0 Å². The molecule has 0 spiro atoms. The minimum Gasteiger partial charge on any atom is -0.493 e. The van der Waals surface area contributed by atoms with Crippen molar-refractivity contribution in [2.24, 2.45) is 5.73 Å². The molecule has 0 radical (unpaired) electrons. The van der Waals surface area contributed by atoms with Gasteiger partial charge in [-0.25, -0.2) is 0 Å². The molecule has 1 saturated carbocycles. The largest absolute Gasteiger partial charge is 0.493 e. The standard InChI is InChI=1S/C14H21NO2/c1-2-17-12-8-4-3-7-11(12)13(16)14(15)9-5-6-10-14/h3-4,7-8,13,16H,2,5-6,9-10,15H2,1H3. The summed E-state index contributed by atoms with van der Waals surface area (Å²) in [5, 5.41) is 10.5. The predicted molar refractivity (Wildman–Crippen MR) is 68.0 cm³/mol. The van der Waals surface area contributed by atoms with Crippen molar-refractivity contribution >= 4 is 0 Å². The van der Waals surface area contributed by atoms with Crippen molar-refractivity contribution in [1.29, 1.82) is 0 Å². The van der Waals surface area contributed by atoms with Crippen molar-refractivity contribution in [1.82, 2.24) is 0 Å². The first kappa shape index (κ1) is 12.4. The van der Waals surface area contributed by atoms with Crippen molar-refractivity contribution in [2.75, 3.05) is 6.61 Å². The highest BCUT2D eigenvalue weighted by Crippen LogP contribution is 2.40. The Morgan fingerprint density at radius 1 is 1.35 bits per heavy atom. The van der Waals surface area contributed by atoms with Crippen molar-refractivity contribution in [3.8, 4) is 5.75 Å². The summed E-state index contributed by atoms with van der Waals surface area (Å²) in [6.07, 6.45) is 3.34. The maximum absolute atomic E-state index is 10.5. The van der Waals surface area contributed by atoms with E-state index in [4.69, 9.17) is 10.5 Å². The van der Waals surface area contributed by atoms with Gasteiger partial charge in [0.15, 0.2) is 0 Å². The molecule has 3 N–H and O–H groups in total. The predicted octanol–water partition coefficient (Wildman–Crippen LogP) is 2.39. The van der Waals surface area contributed by atoms with Gasteiger partial charge in [0, 0.05) is 11.1 Å². The summed E-state index contributed by atoms with van der Waals surface area (Å²) in [7, 11) is 0. The molecule has 0 saturated heterocycles. The Balaban J connectivity index is 2.26. The minimum absolute atomic E-state index is 0.479. The van der Waals surface area contributed by atoms with Crippen LogP contribution in [0.5, 0.6) is 5.75 Å². The number of benzene rings is 1. The van der Waals surface area contributed by atoms with E-state index in [0.717, 1.165) is 37.0 Å². The van der Waals surface area contributed by atoms with Crippen LogP contribution in [0.2, 0.25) is 0 Å². The molecule has 3 heteroatoms. The Bertz CT molecular complexity index is 372. The van der Waals surface area contributed by atoms with Crippen LogP contribution in [0.25, 0.3) is 0 Å². The SMILES string of the molecule is CCOc1ccccc1C(O)C1(N)CCCC1. The van der Waals surface area contributed by atoms with E-state index in [0.29, 0.717) is 6.61 Å². The molecule has 94 valence electrons. The number of para-hydroxylation sites is 1. The van der Waals surface area contributed by atoms with Crippen molar-refractivity contribution in [3.05, 3.63) is 29.8 Å². The zero-order chi connectivity index (χ0) is 12.3. The molecule has 0 aromatic heterocycles. The summed E-state index contributed by atoms with van der Waals surface area (Å²) in [5.41, 5.74) is 6.63. The summed E-state index contributed by atoms with van der Waals surface area (Å²) in [4.78, 5) is 0. The second kappa shape index (κ2) is 5.07. The zero-order valence-electron chi connectivity index (χ0n) is 10.4. The zero-order valence-corrected chi connectivity index (χ0v) is 10.4. The molecule has 0 bridgehead atoms. The van der Waals surface area contributed by atoms with Crippen molar-refractivity contribution < 1.29 is 9.84 Å². The fraction of sp³-hybridized carbons (Fsp3) is 0.571.